The molecular weight excluding hydrogens is 293 g/mol. The van der Waals surface area contributed by atoms with E-state index >= 15 is 0 Å². The van der Waals surface area contributed by atoms with Crippen molar-refractivity contribution in [3.05, 3.63) is 41.2 Å². The number of rotatable bonds is 1. The van der Waals surface area contributed by atoms with E-state index in [1.165, 1.54) is 0 Å². The van der Waals surface area contributed by atoms with Crippen molar-refractivity contribution >= 4 is 17.3 Å². The molecule has 2 aromatic rings. The fourth-order valence-corrected chi connectivity index (χ4v) is 2.64. The predicted octanol–water partition coefficient (Wildman–Crippen LogP) is 3.89. The quantitative estimate of drug-likeness (QED) is 0.868. The van der Waals surface area contributed by atoms with E-state index in [4.69, 9.17) is 0 Å². The molecule has 116 valence electrons. The van der Waals surface area contributed by atoms with Crippen LogP contribution in [-0.2, 0) is 12.7 Å². The lowest BCUT2D eigenvalue weighted by molar-refractivity contribution is -0.137. The molecule has 0 radical (unpaired) electrons. The van der Waals surface area contributed by atoms with E-state index < -0.39 is 11.7 Å². The Morgan fingerprint density at radius 2 is 2.09 bits per heavy atom. The van der Waals surface area contributed by atoms with E-state index in [0.29, 0.717) is 18.1 Å². The molecule has 3 heterocycles. The molecule has 2 aromatic heterocycles. The van der Waals surface area contributed by atoms with Gasteiger partial charge in [0.05, 0.1) is 11.3 Å². The molecule has 1 aliphatic heterocycles. The molecule has 0 saturated carbocycles. The lowest BCUT2D eigenvalue weighted by atomic mass is 10.1. The summed E-state index contributed by atoms with van der Waals surface area (Å²) >= 11 is 0. The first-order chi connectivity index (χ1) is 10.4. The zero-order chi connectivity index (χ0) is 15.9. The number of hydrogen-bond acceptors (Lipinski definition) is 4. The molecule has 0 bridgehead atoms. The molecule has 0 amide bonds. The monoisotopic (exact) mass is 308 g/mol. The van der Waals surface area contributed by atoms with Gasteiger partial charge in [0.1, 0.15) is 5.82 Å². The number of nitrogens with one attached hydrogen (secondary N) is 1. The summed E-state index contributed by atoms with van der Waals surface area (Å²) in [6, 6.07) is 4.70. The maximum atomic E-state index is 13.3. The molecule has 0 aromatic carbocycles. The van der Waals surface area contributed by atoms with Crippen molar-refractivity contribution < 1.29 is 13.2 Å². The zero-order valence-corrected chi connectivity index (χ0v) is 12.2. The number of alkyl halides is 3. The molecule has 1 N–H and O–H groups in total. The molecule has 4 nitrogen and oxygen atoms in total. The maximum absolute atomic E-state index is 13.3. The van der Waals surface area contributed by atoms with Crippen LogP contribution in [0.15, 0.2) is 24.4 Å². The first-order valence-corrected chi connectivity index (χ1v) is 6.96. The lowest BCUT2D eigenvalue weighted by Gasteiger charge is -2.24. The van der Waals surface area contributed by atoms with Gasteiger partial charge in [-0.05, 0) is 26.0 Å². The van der Waals surface area contributed by atoms with Gasteiger partial charge in [-0.25, -0.2) is 9.97 Å². The Balaban J connectivity index is 2.26. The molecule has 7 heteroatoms. The van der Waals surface area contributed by atoms with Crippen LogP contribution >= 0.6 is 0 Å². The number of hydrogen-bond donors (Lipinski definition) is 1. The van der Waals surface area contributed by atoms with Crippen molar-refractivity contribution in [3.63, 3.8) is 0 Å². The minimum absolute atomic E-state index is 0.0120. The molecule has 0 spiro atoms. The minimum Gasteiger partial charge on any atom is -0.377 e. The fourth-order valence-electron chi connectivity index (χ4n) is 2.64. The summed E-state index contributed by atoms with van der Waals surface area (Å²) in [7, 11) is 0. The average molecular weight is 308 g/mol. The van der Waals surface area contributed by atoms with Gasteiger partial charge in [-0.3, -0.25) is 0 Å². The topological polar surface area (TPSA) is 41.1 Å². The maximum Gasteiger partial charge on any atom is 0.418 e. The van der Waals surface area contributed by atoms with Crippen LogP contribution in [0.4, 0.5) is 30.5 Å². The fraction of sp³-hybridized carbons (Fsp3) is 0.333. The predicted molar refractivity (Wildman–Crippen MR) is 78.2 cm³/mol. The van der Waals surface area contributed by atoms with Gasteiger partial charge >= 0.3 is 6.18 Å². The van der Waals surface area contributed by atoms with Crippen molar-refractivity contribution in [1.82, 2.24) is 9.97 Å². The Morgan fingerprint density at radius 1 is 1.32 bits per heavy atom. The highest BCUT2D eigenvalue weighted by molar-refractivity contribution is 5.78. The summed E-state index contributed by atoms with van der Waals surface area (Å²) in [4.78, 5) is 10.4. The first kappa shape index (κ1) is 14.6. The van der Waals surface area contributed by atoms with Crippen molar-refractivity contribution in [2.24, 2.45) is 0 Å². The van der Waals surface area contributed by atoms with Crippen LogP contribution in [0.5, 0.6) is 0 Å². The molecule has 0 saturated heterocycles. The third-order valence-corrected chi connectivity index (χ3v) is 3.58. The smallest absolute Gasteiger partial charge is 0.377 e. The molecule has 0 atom stereocenters. The molecule has 0 fully saturated rings. The number of aromatic nitrogens is 2. The van der Waals surface area contributed by atoms with Crippen LogP contribution in [0.2, 0.25) is 0 Å². The van der Waals surface area contributed by atoms with Gasteiger partial charge in [0, 0.05) is 30.5 Å². The van der Waals surface area contributed by atoms with Gasteiger partial charge in [-0.2, -0.15) is 13.2 Å². The van der Waals surface area contributed by atoms with Crippen LogP contribution < -0.4 is 10.2 Å². The van der Waals surface area contributed by atoms with Crippen LogP contribution in [-0.4, -0.2) is 16.5 Å². The molecular formula is C15H15F3N4. The summed E-state index contributed by atoms with van der Waals surface area (Å²) in [5.41, 5.74) is 0.484. The number of anilines is 3. The van der Waals surface area contributed by atoms with Crippen LogP contribution in [0, 0.1) is 6.92 Å². The van der Waals surface area contributed by atoms with Gasteiger partial charge in [0.25, 0.3) is 0 Å². The van der Waals surface area contributed by atoms with E-state index in [-0.39, 0.29) is 18.1 Å². The Morgan fingerprint density at radius 3 is 2.77 bits per heavy atom. The third-order valence-electron chi connectivity index (χ3n) is 3.58. The highest BCUT2D eigenvalue weighted by Gasteiger charge is 2.37. The molecule has 22 heavy (non-hydrogen) atoms. The Hall–Kier alpha value is -2.31. The van der Waals surface area contributed by atoms with E-state index in [1.807, 2.05) is 13.0 Å². The third kappa shape index (κ3) is 2.36. The Bertz CT molecular complexity index is 712. The van der Waals surface area contributed by atoms with E-state index in [0.717, 1.165) is 11.6 Å². The zero-order valence-electron chi connectivity index (χ0n) is 12.2. The first-order valence-electron chi connectivity index (χ1n) is 6.96. The van der Waals surface area contributed by atoms with Crippen LogP contribution in [0.25, 0.3) is 0 Å². The van der Waals surface area contributed by atoms with Gasteiger partial charge in [-0.1, -0.05) is 6.07 Å². The molecule has 0 aliphatic carbocycles. The minimum atomic E-state index is -4.44. The van der Waals surface area contributed by atoms with Crippen molar-refractivity contribution in [2.75, 3.05) is 16.8 Å². The second-order valence-corrected chi connectivity index (χ2v) is 5.09. The summed E-state index contributed by atoms with van der Waals surface area (Å²) in [5.74, 6) is 0.912. The second-order valence-electron chi connectivity index (χ2n) is 5.09. The summed E-state index contributed by atoms with van der Waals surface area (Å²) in [6.45, 7) is 4.19. The number of fused-ring (bicyclic) bond motifs is 2. The van der Waals surface area contributed by atoms with Gasteiger partial charge in [0.2, 0.25) is 0 Å². The van der Waals surface area contributed by atoms with Crippen molar-refractivity contribution in [1.29, 1.82) is 0 Å². The van der Waals surface area contributed by atoms with Crippen LogP contribution in [0.3, 0.4) is 0 Å². The lowest BCUT2D eigenvalue weighted by Crippen LogP contribution is -2.21. The Kier molecular flexibility index (Phi) is 3.42. The standard InChI is InChI=1S/C15H15F3N4/c1-3-22-13-10(5-4-6-19-13)8-20-12-11(15(16,17)18)7-9(2)21-14(12)22/h4-7,20H,3,8H2,1-2H3. The number of halogens is 3. The van der Waals surface area contributed by atoms with E-state index in [1.54, 1.807) is 24.1 Å². The largest absolute Gasteiger partial charge is 0.418 e. The van der Waals surface area contributed by atoms with Gasteiger partial charge in [-0.15, -0.1) is 0 Å². The molecule has 1 aliphatic rings. The summed E-state index contributed by atoms with van der Waals surface area (Å²) in [5, 5.41) is 2.88. The van der Waals surface area contributed by atoms with E-state index in [9.17, 15) is 13.2 Å². The van der Waals surface area contributed by atoms with Crippen molar-refractivity contribution in [2.45, 2.75) is 26.6 Å². The average Bonchev–Trinajstić information content (AvgIpc) is 2.61. The number of nitrogens with zero attached hydrogens (tertiary/aromatic N) is 3. The second kappa shape index (κ2) is 5.15. The van der Waals surface area contributed by atoms with Gasteiger partial charge < -0.3 is 10.2 Å². The number of aryl methyl sites for hydroxylation is 1. The van der Waals surface area contributed by atoms with Crippen molar-refractivity contribution in [3.8, 4) is 0 Å². The normalized spacial score (nSPS) is 14.0. The number of pyridine rings is 2. The Labute approximate surface area is 126 Å². The summed E-state index contributed by atoms with van der Waals surface area (Å²) < 4.78 is 40.0. The molecule has 0 unspecified atom stereocenters. The molecule has 3 rings (SSSR count). The van der Waals surface area contributed by atoms with E-state index in [2.05, 4.69) is 15.3 Å². The SMILES string of the molecule is CCN1c2ncccc2CNc2c(C(F)(F)F)cc(C)nc21. The van der Waals surface area contributed by atoms with Crippen LogP contribution in [0.1, 0.15) is 23.7 Å². The highest BCUT2D eigenvalue weighted by atomic mass is 19.4. The van der Waals surface area contributed by atoms with Gasteiger partial charge in [0.15, 0.2) is 5.82 Å². The summed E-state index contributed by atoms with van der Waals surface area (Å²) in [6.07, 6.45) is -2.80. The highest BCUT2D eigenvalue weighted by Crippen LogP contribution is 2.43.